The molecule has 2 saturated carbocycles. The van der Waals surface area contributed by atoms with Crippen LogP contribution in [-0.2, 0) is 4.74 Å². The van der Waals surface area contributed by atoms with Crippen molar-refractivity contribution in [2.75, 3.05) is 0 Å². The summed E-state index contributed by atoms with van der Waals surface area (Å²) in [5.41, 5.74) is 1.36. The largest absolute Gasteiger partial charge is 0.444 e. The molecule has 0 bridgehead atoms. The van der Waals surface area contributed by atoms with E-state index in [0.29, 0.717) is 5.41 Å². The van der Waals surface area contributed by atoms with Gasteiger partial charge in [-0.1, -0.05) is 5.57 Å². The predicted octanol–water partition coefficient (Wildman–Crippen LogP) is 3.33. The van der Waals surface area contributed by atoms with Crippen LogP contribution in [0.5, 0.6) is 0 Å². The Hall–Kier alpha value is -1.91. The highest BCUT2D eigenvalue weighted by Gasteiger charge is 2.51. The van der Waals surface area contributed by atoms with Gasteiger partial charge in [0.25, 0.3) is 0 Å². The van der Waals surface area contributed by atoms with E-state index in [4.69, 9.17) is 4.74 Å². The Morgan fingerprint density at radius 3 is 2.55 bits per heavy atom. The zero-order chi connectivity index (χ0) is 15.8. The molecule has 1 aromatic rings. The van der Waals surface area contributed by atoms with Gasteiger partial charge < -0.3 is 10.1 Å². The van der Waals surface area contributed by atoms with E-state index in [0.717, 1.165) is 31.5 Å². The molecule has 22 heavy (non-hydrogen) atoms. The first-order valence-corrected chi connectivity index (χ1v) is 7.80. The number of carbonyl (C=O) groups excluding carboxylic acids is 1. The minimum absolute atomic E-state index is 0.254. The van der Waals surface area contributed by atoms with Crippen molar-refractivity contribution in [1.82, 2.24) is 15.3 Å². The van der Waals surface area contributed by atoms with Gasteiger partial charge in [-0.3, -0.25) is 0 Å². The number of hydrogen-bond donors (Lipinski definition) is 1. The number of aromatic nitrogens is 2. The lowest BCUT2D eigenvalue weighted by Gasteiger charge is -2.55. The summed E-state index contributed by atoms with van der Waals surface area (Å²) in [4.78, 5) is 20.2. The number of nitrogens with one attached hydrogen (secondary N) is 1. The van der Waals surface area contributed by atoms with Crippen molar-refractivity contribution >= 4 is 12.2 Å². The van der Waals surface area contributed by atoms with Crippen molar-refractivity contribution in [3.63, 3.8) is 0 Å². The molecule has 0 saturated heterocycles. The summed E-state index contributed by atoms with van der Waals surface area (Å²) in [5, 5.41) is 2.96. The molecule has 0 atom stereocenters. The maximum Gasteiger partial charge on any atom is 0.407 e. The highest BCUT2D eigenvalue weighted by atomic mass is 16.6. The number of rotatable bonds is 2. The molecule has 2 aliphatic carbocycles. The molecule has 118 valence electrons. The third-order valence-corrected chi connectivity index (χ3v) is 4.20. The van der Waals surface area contributed by atoms with Crippen LogP contribution in [0.3, 0.4) is 0 Å². The van der Waals surface area contributed by atoms with Crippen LogP contribution < -0.4 is 5.32 Å². The third kappa shape index (κ3) is 3.46. The maximum atomic E-state index is 11.7. The summed E-state index contributed by atoms with van der Waals surface area (Å²) in [6.07, 6.45) is 9.57. The van der Waals surface area contributed by atoms with Gasteiger partial charge in [0, 0.05) is 18.4 Å². The van der Waals surface area contributed by atoms with Crippen LogP contribution in [0.4, 0.5) is 4.79 Å². The summed E-state index contributed by atoms with van der Waals surface area (Å²) in [6, 6.07) is 2.08. The zero-order valence-corrected chi connectivity index (χ0v) is 13.4. The number of nitrogens with zero attached hydrogens (tertiary/aromatic N) is 2. The van der Waals surface area contributed by atoms with E-state index in [1.54, 1.807) is 12.4 Å². The summed E-state index contributed by atoms with van der Waals surface area (Å²) >= 11 is 0. The van der Waals surface area contributed by atoms with Crippen LogP contribution in [0.2, 0.25) is 0 Å². The van der Waals surface area contributed by atoms with Crippen molar-refractivity contribution in [2.24, 2.45) is 5.41 Å². The van der Waals surface area contributed by atoms with Crippen molar-refractivity contribution < 1.29 is 9.53 Å². The minimum atomic E-state index is -0.437. The Morgan fingerprint density at radius 2 is 1.95 bits per heavy atom. The van der Waals surface area contributed by atoms with Gasteiger partial charge in [-0.05, 0) is 64.0 Å². The van der Waals surface area contributed by atoms with Gasteiger partial charge in [-0.25, -0.2) is 14.8 Å². The standard InChI is InChI=1S/C17H23N3O2/c1-16(2,3)22-15(21)20-13-10-17(11-13)8-12(9-17)7-14-18-5-4-6-19-14/h4-7,13H,8-11H2,1-3H3,(H,20,21). The van der Waals surface area contributed by atoms with Crippen LogP contribution in [-0.4, -0.2) is 27.7 Å². The second-order valence-electron chi connectivity index (χ2n) is 7.51. The van der Waals surface area contributed by atoms with Gasteiger partial charge in [0.1, 0.15) is 5.60 Å². The number of allylic oxidation sites excluding steroid dienone is 1. The van der Waals surface area contributed by atoms with Crippen molar-refractivity contribution in [2.45, 2.75) is 58.1 Å². The van der Waals surface area contributed by atoms with Crippen LogP contribution in [0.1, 0.15) is 52.3 Å². The molecule has 5 heteroatoms. The molecule has 1 amide bonds. The molecular weight excluding hydrogens is 278 g/mol. The molecule has 5 nitrogen and oxygen atoms in total. The summed E-state index contributed by atoms with van der Waals surface area (Å²) < 4.78 is 5.29. The molecule has 2 aliphatic rings. The Labute approximate surface area is 131 Å². The molecule has 2 fully saturated rings. The topological polar surface area (TPSA) is 64.1 Å². The van der Waals surface area contributed by atoms with Crippen LogP contribution in [0, 0.1) is 5.41 Å². The summed E-state index contributed by atoms with van der Waals surface area (Å²) in [5.74, 6) is 0.787. The normalized spacial score (nSPS) is 26.9. The first-order valence-electron chi connectivity index (χ1n) is 7.80. The minimum Gasteiger partial charge on any atom is -0.444 e. The van der Waals surface area contributed by atoms with E-state index in [1.165, 1.54) is 5.57 Å². The fraction of sp³-hybridized carbons (Fsp3) is 0.588. The molecule has 3 rings (SSSR count). The second kappa shape index (κ2) is 5.38. The lowest BCUT2D eigenvalue weighted by molar-refractivity contribution is 0.0173. The monoisotopic (exact) mass is 301 g/mol. The third-order valence-electron chi connectivity index (χ3n) is 4.20. The number of ether oxygens (including phenoxy) is 1. The first kappa shape index (κ1) is 15.0. The Bertz CT molecular complexity index is 574. The van der Waals surface area contributed by atoms with E-state index >= 15 is 0 Å². The Balaban J connectivity index is 1.43. The summed E-state index contributed by atoms with van der Waals surface area (Å²) in [7, 11) is 0. The van der Waals surface area contributed by atoms with E-state index in [-0.39, 0.29) is 12.1 Å². The molecule has 1 heterocycles. The average molecular weight is 301 g/mol. The first-order chi connectivity index (χ1) is 10.3. The van der Waals surface area contributed by atoms with Gasteiger partial charge in [0.2, 0.25) is 0 Å². The van der Waals surface area contributed by atoms with E-state index in [9.17, 15) is 4.79 Å². The van der Waals surface area contributed by atoms with Crippen LogP contribution >= 0.6 is 0 Å². The zero-order valence-electron chi connectivity index (χ0n) is 13.4. The molecular formula is C17H23N3O2. The molecule has 0 radical (unpaired) electrons. The number of alkyl carbamates (subject to hydrolysis) is 1. The molecule has 1 N–H and O–H groups in total. The van der Waals surface area contributed by atoms with Gasteiger partial charge in [-0.15, -0.1) is 0 Å². The molecule has 0 aliphatic heterocycles. The maximum absolute atomic E-state index is 11.7. The lowest BCUT2D eigenvalue weighted by Crippen LogP contribution is -2.54. The Morgan fingerprint density at radius 1 is 1.32 bits per heavy atom. The predicted molar refractivity (Wildman–Crippen MR) is 84.1 cm³/mol. The number of carbonyl (C=O) groups is 1. The number of hydrogen-bond acceptors (Lipinski definition) is 4. The lowest BCUT2D eigenvalue weighted by atomic mass is 9.52. The van der Waals surface area contributed by atoms with E-state index in [1.807, 2.05) is 26.8 Å². The molecule has 0 unspecified atom stereocenters. The van der Waals surface area contributed by atoms with Crippen molar-refractivity contribution in [3.8, 4) is 0 Å². The highest BCUT2D eigenvalue weighted by Crippen LogP contribution is 2.58. The fourth-order valence-electron chi connectivity index (χ4n) is 3.43. The van der Waals surface area contributed by atoms with E-state index < -0.39 is 5.60 Å². The van der Waals surface area contributed by atoms with Gasteiger partial charge in [0.05, 0.1) is 0 Å². The highest BCUT2D eigenvalue weighted by molar-refractivity contribution is 5.68. The van der Waals surface area contributed by atoms with Crippen LogP contribution in [0.15, 0.2) is 24.0 Å². The van der Waals surface area contributed by atoms with E-state index in [2.05, 4.69) is 21.4 Å². The SMILES string of the molecule is CC(C)(C)OC(=O)NC1CC2(CC(=Cc3ncccn3)C2)C1. The van der Waals surface area contributed by atoms with Gasteiger partial charge in [-0.2, -0.15) is 0 Å². The molecule has 0 aromatic carbocycles. The summed E-state index contributed by atoms with van der Waals surface area (Å²) in [6.45, 7) is 5.64. The van der Waals surface area contributed by atoms with Crippen LogP contribution in [0.25, 0.3) is 6.08 Å². The smallest absolute Gasteiger partial charge is 0.407 e. The number of amides is 1. The quantitative estimate of drug-likeness (QED) is 0.910. The van der Waals surface area contributed by atoms with Gasteiger partial charge in [0.15, 0.2) is 5.82 Å². The molecule has 1 aromatic heterocycles. The Kier molecular flexibility index (Phi) is 3.67. The second-order valence-corrected chi connectivity index (χ2v) is 7.51. The van der Waals surface area contributed by atoms with Crippen molar-refractivity contribution in [1.29, 1.82) is 0 Å². The van der Waals surface area contributed by atoms with Crippen molar-refractivity contribution in [3.05, 3.63) is 29.9 Å². The van der Waals surface area contributed by atoms with Gasteiger partial charge >= 0.3 is 6.09 Å². The average Bonchev–Trinajstić information content (AvgIpc) is 2.32. The fourth-order valence-corrected chi connectivity index (χ4v) is 3.43. The molecule has 1 spiro atoms.